The summed E-state index contributed by atoms with van der Waals surface area (Å²) in [5, 5.41) is 8.71. The van der Waals surface area contributed by atoms with Crippen molar-refractivity contribution in [2.75, 3.05) is 5.32 Å². The number of hydrogen-bond donors (Lipinski definition) is 3. The number of rotatable bonds is 5. The lowest BCUT2D eigenvalue weighted by Crippen LogP contribution is -2.55. The minimum atomic E-state index is -1.82. The van der Waals surface area contributed by atoms with Crippen LogP contribution in [0.25, 0.3) is 6.08 Å². The Bertz CT molecular complexity index is 867. The highest BCUT2D eigenvalue weighted by atomic mass is 35.6. The highest BCUT2D eigenvalue weighted by Crippen LogP contribution is 2.29. The Kier molecular flexibility index (Phi) is 8.13. The third kappa shape index (κ3) is 7.32. The minimum Gasteiger partial charge on any atom is -0.339 e. The molecule has 0 aliphatic heterocycles. The Morgan fingerprint density at radius 1 is 1.07 bits per heavy atom. The summed E-state index contributed by atoms with van der Waals surface area (Å²) in [6.07, 6.45) is 1.99. The second-order valence-corrected chi connectivity index (χ2v) is 8.92. The van der Waals surface area contributed by atoms with Gasteiger partial charge in [0, 0.05) is 11.8 Å². The topological polar surface area (TPSA) is 53.2 Å². The van der Waals surface area contributed by atoms with Crippen LogP contribution >= 0.6 is 47.0 Å². The smallest absolute Gasteiger partial charge is 0.245 e. The van der Waals surface area contributed by atoms with E-state index in [9.17, 15) is 4.79 Å². The molecule has 0 heterocycles. The summed E-state index contributed by atoms with van der Waals surface area (Å²) in [6, 6.07) is 15.3. The summed E-state index contributed by atoms with van der Waals surface area (Å²) in [7, 11) is 0. The van der Waals surface area contributed by atoms with Crippen molar-refractivity contribution in [3.8, 4) is 0 Å². The van der Waals surface area contributed by atoms with Gasteiger partial charge in [0.25, 0.3) is 0 Å². The van der Waals surface area contributed by atoms with Crippen LogP contribution in [0.15, 0.2) is 54.6 Å². The quantitative estimate of drug-likeness (QED) is 0.253. The van der Waals surface area contributed by atoms with E-state index in [-0.39, 0.29) is 5.11 Å². The predicted octanol–water partition coefficient (Wildman–Crippen LogP) is 5.12. The van der Waals surface area contributed by atoms with Crippen LogP contribution in [0.2, 0.25) is 0 Å². The molecular formula is C20H20Cl3N3OS. The third-order valence-electron chi connectivity index (χ3n) is 3.75. The van der Waals surface area contributed by atoms with Crippen LogP contribution in [0.5, 0.6) is 0 Å². The van der Waals surface area contributed by atoms with Crippen LogP contribution in [0.3, 0.4) is 0 Å². The first-order chi connectivity index (χ1) is 13.1. The Morgan fingerprint density at radius 2 is 1.75 bits per heavy atom. The minimum absolute atomic E-state index is 0.218. The Hall–Kier alpha value is -1.79. The van der Waals surface area contributed by atoms with Crippen molar-refractivity contribution in [3.63, 3.8) is 0 Å². The van der Waals surface area contributed by atoms with Crippen LogP contribution in [-0.2, 0) is 4.79 Å². The molecule has 0 aliphatic rings. The standard InChI is InChI=1S/C20H20Cl3N3OS/c1-13-8-10-16(14(2)12-13)24-19(28)26-18(20(21,22)23)25-17(27)11-9-15-6-4-3-5-7-15/h3-12,18H,1-2H3,(H,25,27)(H2,24,26,28)/b11-9+/t18-/m0/s1. The van der Waals surface area contributed by atoms with Gasteiger partial charge in [-0.2, -0.15) is 0 Å². The second kappa shape index (κ2) is 10.1. The van der Waals surface area contributed by atoms with Crippen molar-refractivity contribution in [2.24, 2.45) is 0 Å². The molecule has 2 rings (SSSR count). The van der Waals surface area contributed by atoms with Crippen LogP contribution in [0, 0.1) is 13.8 Å². The normalized spacial score (nSPS) is 12.5. The van der Waals surface area contributed by atoms with E-state index in [4.69, 9.17) is 47.0 Å². The largest absolute Gasteiger partial charge is 0.339 e. The zero-order valence-electron chi connectivity index (χ0n) is 15.3. The molecule has 4 nitrogen and oxygen atoms in total. The second-order valence-electron chi connectivity index (χ2n) is 6.14. The monoisotopic (exact) mass is 455 g/mol. The molecule has 2 aromatic rings. The van der Waals surface area contributed by atoms with Crippen molar-refractivity contribution in [1.82, 2.24) is 10.6 Å². The molecule has 0 bridgehead atoms. The highest BCUT2D eigenvalue weighted by molar-refractivity contribution is 7.80. The summed E-state index contributed by atoms with van der Waals surface area (Å²) < 4.78 is -1.82. The van der Waals surface area contributed by atoms with E-state index < -0.39 is 15.9 Å². The average Bonchev–Trinajstić information content (AvgIpc) is 2.62. The Labute approximate surface area is 185 Å². The first kappa shape index (κ1) is 22.5. The molecule has 28 heavy (non-hydrogen) atoms. The van der Waals surface area contributed by atoms with Gasteiger partial charge in [0.05, 0.1) is 0 Å². The predicted molar refractivity (Wildman–Crippen MR) is 123 cm³/mol. The van der Waals surface area contributed by atoms with Crippen LogP contribution < -0.4 is 16.0 Å². The van der Waals surface area contributed by atoms with Crippen molar-refractivity contribution in [3.05, 3.63) is 71.3 Å². The molecular weight excluding hydrogens is 437 g/mol. The van der Waals surface area contributed by atoms with E-state index >= 15 is 0 Å². The molecule has 8 heteroatoms. The van der Waals surface area contributed by atoms with Crippen molar-refractivity contribution < 1.29 is 4.79 Å². The number of aryl methyl sites for hydroxylation is 2. The third-order valence-corrected chi connectivity index (χ3v) is 4.62. The molecule has 1 amide bonds. The summed E-state index contributed by atoms with van der Waals surface area (Å²) in [5.41, 5.74) is 3.85. The number of carbonyl (C=O) groups is 1. The fourth-order valence-electron chi connectivity index (χ4n) is 2.37. The van der Waals surface area contributed by atoms with E-state index in [2.05, 4.69) is 16.0 Å². The van der Waals surface area contributed by atoms with Gasteiger partial charge >= 0.3 is 0 Å². The number of anilines is 1. The van der Waals surface area contributed by atoms with Crippen LogP contribution in [-0.4, -0.2) is 21.0 Å². The summed E-state index contributed by atoms with van der Waals surface area (Å²) >= 11 is 23.3. The molecule has 0 radical (unpaired) electrons. The molecule has 0 aliphatic carbocycles. The summed E-state index contributed by atoms with van der Waals surface area (Å²) in [5.74, 6) is -0.429. The first-order valence-electron chi connectivity index (χ1n) is 8.40. The zero-order valence-corrected chi connectivity index (χ0v) is 18.4. The van der Waals surface area contributed by atoms with Gasteiger partial charge in [-0.05, 0) is 49.3 Å². The fraction of sp³-hybridized carbons (Fsp3) is 0.200. The van der Waals surface area contributed by atoms with Gasteiger partial charge in [-0.15, -0.1) is 0 Å². The molecule has 1 atom stereocenters. The Balaban J connectivity index is 2.02. The lowest BCUT2D eigenvalue weighted by molar-refractivity contribution is -0.117. The molecule has 0 saturated carbocycles. The van der Waals surface area contributed by atoms with E-state index in [1.54, 1.807) is 6.08 Å². The fourth-order valence-corrected chi connectivity index (χ4v) is 2.92. The van der Waals surface area contributed by atoms with Gasteiger partial charge in [0.2, 0.25) is 9.70 Å². The van der Waals surface area contributed by atoms with E-state index in [1.807, 2.05) is 62.4 Å². The van der Waals surface area contributed by atoms with Crippen molar-refractivity contribution in [2.45, 2.75) is 23.8 Å². The highest BCUT2D eigenvalue weighted by Gasteiger charge is 2.34. The maximum Gasteiger partial charge on any atom is 0.245 e. The Morgan fingerprint density at radius 3 is 2.36 bits per heavy atom. The summed E-state index contributed by atoms with van der Waals surface area (Å²) in [4.78, 5) is 12.2. The van der Waals surface area contributed by atoms with Crippen LogP contribution in [0.4, 0.5) is 5.69 Å². The molecule has 0 spiro atoms. The van der Waals surface area contributed by atoms with Gasteiger partial charge < -0.3 is 16.0 Å². The number of halogens is 3. The lowest BCUT2D eigenvalue weighted by Gasteiger charge is -2.27. The van der Waals surface area contributed by atoms with Gasteiger partial charge in [0.1, 0.15) is 6.17 Å². The number of carbonyl (C=O) groups excluding carboxylic acids is 1. The molecule has 3 N–H and O–H groups in total. The molecule has 0 unspecified atom stereocenters. The molecule has 0 fully saturated rings. The van der Waals surface area contributed by atoms with Crippen molar-refractivity contribution in [1.29, 1.82) is 0 Å². The maximum absolute atomic E-state index is 12.2. The molecule has 148 valence electrons. The van der Waals surface area contributed by atoms with Gasteiger partial charge in [0.15, 0.2) is 5.11 Å². The number of alkyl halides is 3. The average molecular weight is 457 g/mol. The van der Waals surface area contributed by atoms with Gasteiger partial charge in [-0.3, -0.25) is 4.79 Å². The first-order valence-corrected chi connectivity index (χ1v) is 9.94. The maximum atomic E-state index is 12.2. The van der Waals surface area contributed by atoms with Gasteiger partial charge in [-0.25, -0.2) is 0 Å². The SMILES string of the molecule is Cc1ccc(NC(=S)N[C@H](NC(=O)/C=C/c2ccccc2)C(Cl)(Cl)Cl)c(C)c1. The number of nitrogens with one attached hydrogen (secondary N) is 3. The van der Waals surface area contributed by atoms with Gasteiger partial charge in [-0.1, -0.05) is 82.8 Å². The molecule has 0 aromatic heterocycles. The number of benzene rings is 2. The summed E-state index contributed by atoms with van der Waals surface area (Å²) in [6.45, 7) is 3.96. The van der Waals surface area contributed by atoms with E-state index in [0.717, 1.165) is 22.4 Å². The zero-order chi connectivity index (χ0) is 20.7. The van der Waals surface area contributed by atoms with Crippen molar-refractivity contribution >= 4 is 69.8 Å². The number of hydrogen-bond acceptors (Lipinski definition) is 2. The number of amides is 1. The number of thiocarbonyl (C=S) groups is 1. The van der Waals surface area contributed by atoms with E-state index in [0.29, 0.717) is 0 Å². The molecule has 2 aromatic carbocycles. The van der Waals surface area contributed by atoms with E-state index in [1.165, 1.54) is 6.08 Å². The lowest BCUT2D eigenvalue weighted by atomic mass is 10.1. The van der Waals surface area contributed by atoms with Crippen LogP contribution in [0.1, 0.15) is 16.7 Å². The molecule has 0 saturated heterocycles.